The second-order valence-electron chi connectivity index (χ2n) is 8.81. The van der Waals surface area contributed by atoms with E-state index in [2.05, 4.69) is 11.4 Å². The molecule has 3 atom stereocenters. The first-order valence-electron chi connectivity index (χ1n) is 11.6. The van der Waals surface area contributed by atoms with Crippen molar-refractivity contribution in [3.63, 3.8) is 0 Å². The van der Waals surface area contributed by atoms with Crippen molar-refractivity contribution in [3.8, 4) is 23.3 Å². The molecular weight excluding hydrogens is 480 g/mol. The minimum atomic E-state index is -0.483. The molecular formula is C28H23ClN2O5. The normalized spacial score (nSPS) is 19.8. The van der Waals surface area contributed by atoms with Crippen LogP contribution in [0.3, 0.4) is 0 Å². The number of methoxy groups -OCH3 is 1. The third-order valence-corrected chi connectivity index (χ3v) is 6.76. The van der Waals surface area contributed by atoms with Crippen LogP contribution >= 0.6 is 11.6 Å². The number of hydrogen-bond acceptors (Lipinski definition) is 6. The van der Waals surface area contributed by atoms with E-state index < -0.39 is 5.92 Å². The van der Waals surface area contributed by atoms with E-state index in [-0.39, 0.29) is 23.5 Å². The number of ether oxygens (including phenoxy) is 3. The van der Waals surface area contributed by atoms with Crippen molar-refractivity contribution in [2.75, 3.05) is 13.7 Å². The lowest BCUT2D eigenvalue weighted by Crippen LogP contribution is -2.26. The number of halogens is 1. The average Bonchev–Trinajstić information content (AvgIpc) is 3.67. The van der Waals surface area contributed by atoms with Crippen molar-refractivity contribution >= 4 is 23.5 Å². The van der Waals surface area contributed by atoms with E-state index in [0.717, 1.165) is 12.0 Å². The zero-order valence-electron chi connectivity index (χ0n) is 19.5. The van der Waals surface area contributed by atoms with Crippen molar-refractivity contribution in [1.82, 2.24) is 5.32 Å². The molecule has 1 N–H and O–H groups in total. The Bertz CT molecular complexity index is 1350. The third-order valence-electron chi connectivity index (χ3n) is 6.51. The lowest BCUT2D eigenvalue weighted by molar-refractivity contribution is -0.143. The quantitative estimate of drug-likeness (QED) is 0.457. The van der Waals surface area contributed by atoms with Gasteiger partial charge in [-0.2, -0.15) is 5.26 Å². The Balaban J connectivity index is 1.26. The molecule has 1 aliphatic carbocycles. The number of hydrogen-bond donors (Lipinski definition) is 1. The number of amides is 1. The number of carbonyl (C=O) groups is 2. The Morgan fingerprint density at radius 1 is 1.11 bits per heavy atom. The van der Waals surface area contributed by atoms with Crippen LogP contribution in [0.25, 0.3) is 0 Å². The molecule has 2 aliphatic rings. The van der Waals surface area contributed by atoms with Gasteiger partial charge < -0.3 is 19.5 Å². The summed E-state index contributed by atoms with van der Waals surface area (Å²) in [6, 6.07) is 19.8. The Morgan fingerprint density at radius 2 is 1.86 bits per heavy atom. The van der Waals surface area contributed by atoms with E-state index in [4.69, 9.17) is 25.8 Å². The van der Waals surface area contributed by atoms with Crippen LogP contribution in [0.1, 0.15) is 51.7 Å². The molecule has 8 heteroatoms. The lowest BCUT2D eigenvalue weighted by Gasteiger charge is -2.25. The summed E-state index contributed by atoms with van der Waals surface area (Å²) in [7, 11) is 1.34. The molecule has 0 spiro atoms. The Labute approximate surface area is 213 Å². The fraction of sp³-hybridized carbons (Fsp3) is 0.250. The van der Waals surface area contributed by atoms with E-state index in [1.807, 2.05) is 24.3 Å². The summed E-state index contributed by atoms with van der Waals surface area (Å²) in [6.07, 6.45) is 1.37. The van der Waals surface area contributed by atoms with E-state index in [1.54, 1.807) is 36.4 Å². The molecule has 7 nitrogen and oxygen atoms in total. The highest BCUT2D eigenvalue weighted by molar-refractivity contribution is 6.30. The zero-order chi connectivity index (χ0) is 25.2. The largest absolute Gasteiger partial charge is 0.493 e. The summed E-state index contributed by atoms with van der Waals surface area (Å²) in [6.45, 7) is 0.363. The fourth-order valence-electron chi connectivity index (χ4n) is 4.46. The van der Waals surface area contributed by atoms with E-state index in [1.165, 1.54) is 7.11 Å². The monoisotopic (exact) mass is 502 g/mol. The Hall–Kier alpha value is -4.02. The average molecular weight is 503 g/mol. The van der Waals surface area contributed by atoms with Gasteiger partial charge in [0, 0.05) is 34.2 Å². The van der Waals surface area contributed by atoms with E-state index >= 15 is 0 Å². The smallest absolute Gasteiger partial charge is 0.313 e. The van der Waals surface area contributed by atoms with Gasteiger partial charge in [0.2, 0.25) is 0 Å². The van der Waals surface area contributed by atoms with Gasteiger partial charge in [0.15, 0.2) is 0 Å². The first-order chi connectivity index (χ1) is 17.5. The molecule has 3 unspecified atom stereocenters. The Kier molecular flexibility index (Phi) is 6.53. The van der Waals surface area contributed by atoms with Crippen molar-refractivity contribution < 1.29 is 23.8 Å². The van der Waals surface area contributed by atoms with Gasteiger partial charge in [-0.15, -0.1) is 0 Å². The highest BCUT2D eigenvalue weighted by Crippen LogP contribution is 2.42. The topological polar surface area (TPSA) is 97.7 Å². The second-order valence-corrected chi connectivity index (χ2v) is 9.25. The van der Waals surface area contributed by atoms with Crippen LogP contribution in [-0.4, -0.2) is 31.6 Å². The minimum absolute atomic E-state index is 0.0945. The highest BCUT2D eigenvalue weighted by atomic mass is 35.5. The molecule has 1 aliphatic heterocycles. The van der Waals surface area contributed by atoms with Crippen LogP contribution in [-0.2, 0) is 9.53 Å². The van der Waals surface area contributed by atoms with Crippen LogP contribution in [0.2, 0.25) is 5.02 Å². The molecule has 1 saturated carbocycles. The lowest BCUT2D eigenvalue weighted by atomic mass is 9.91. The number of carbonyl (C=O) groups excluding carboxylic acids is 2. The fourth-order valence-corrected chi connectivity index (χ4v) is 4.59. The molecule has 0 aromatic heterocycles. The van der Waals surface area contributed by atoms with Gasteiger partial charge in [0.05, 0.1) is 25.2 Å². The number of nitrogens with one attached hydrogen (secondary N) is 1. The first-order valence-corrected chi connectivity index (χ1v) is 12.0. The summed E-state index contributed by atoms with van der Waals surface area (Å²) in [5.41, 5.74) is 2.56. The molecule has 1 amide bonds. The van der Waals surface area contributed by atoms with Crippen LogP contribution in [0.4, 0.5) is 0 Å². The van der Waals surface area contributed by atoms with Crippen molar-refractivity contribution in [2.24, 2.45) is 0 Å². The van der Waals surface area contributed by atoms with Gasteiger partial charge in [-0.1, -0.05) is 23.7 Å². The number of esters is 1. The Morgan fingerprint density at radius 3 is 2.56 bits per heavy atom. The van der Waals surface area contributed by atoms with Gasteiger partial charge in [-0.25, -0.2) is 0 Å². The second kappa shape index (κ2) is 9.92. The van der Waals surface area contributed by atoms with E-state index in [9.17, 15) is 14.9 Å². The summed E-state index contributed by atoms with van der Waals surface area (Å²) in [5, 5.41) is 13.4. The van der Waals surface area contributed by atoms with Gasteiger partial charge in [-0.05, 0) is 60.9 Å². The van der Waals surface area contributed by atoms with Gasteiger partial charge >= 0.3 is 5.97 Å². The molecule has 182 valence electrons. The maximum atomic E-state index is 12.7. The molecule has 1 fully saturated rings. The molecule has 5 rings (SSSR count). The van der Waals surface area contributed by atoms with Crippen LogP contribution in [0, 0.1) is 11.3 Å². The maximum Gasteiger partial charge on any atom is 0.313 e. The van der Waals surface area contributed by atoms with E-state index in [0.29, 0.717) is 52.3 Å². The zero-order valence-corrected chi connectivity index (χ0v) is 20.2. The number of nitrogens with zero attached hydrogens (tertiary/aromatic N) is 1. The molecule has 0 radical (unpaired) electrons. The third kappa shape index (κ3) is 4.86. The molecule has 1 heterocycles. The standard InChI is InChI=1S/C28H23ClN2O5/c1-34-28(33)21-10-11-35-26-14-25(18(15-30)12-23(21)26)36-20-8-4-17(5-9-20)27(32)31-24-13-22(24)16-2-6-19(29)7-3-16/h2-9,12,14,21-22,24H,10-11,13H2,1H3,(H,31,32). The number of rotatable bonds is 6. The van der Waals surface area contributed by atoms with Gasteiger partial charge in [-0.3, -0.25) is 9.59 Å². The highest BCUT2D eigenvalue weighted by Gasteiger charge is 2.39. The predicted octanol–water partition coefficient (Wildman–Crippen LogP) is 5.33. The number of nitriles is 1. The maximum absolute atomic E-state index is 12.7. The molecule has 3 aromatic rings. The predicted molar refractivity (Wildman–Crippen MR) is 133 cm³/mol. The molecule has 0 bridgehead atoms. The SMILES string of the molecule is COC(=O)C1CCOc2cc(Oc3ccc(C(=O)NC4CC4c4ccc(Cl)cc4)cc3)c(C#N)cc21. The number of benzene rings is 3. The van der Waals surface area contributed by atoms with Crippen molar-refractivity contribution in [3.05, 3.63) is 87.9 Å². The summed E-state index contributed by atoms with van der Waals surface area (Å²) in [4.78, 5) is 24.8. The van der Waals surface area contributed by atoms with Crippen molar-refractivity contribution in [2.45, 2.75) is 30.7 Å². The minimum Gasteiger partial charge on any atom is -0.493 e. The number of fused-ring (bicyclic) bond motifs is 1. The van der Waals surface area contributed by atoms with Crippen LogP contribution < -0.4 is 14.8 Å². The van der Waals surface area contributed by atoms with Crippen LogP contribution in [0.15, 0.2) is 60.7 Å². The van der Waals surface area contributed by atoms with Gasteiger partial charge in [0.25, 0.3) is 5.91 Å². The van der Waals surface area contributed by atoms with Crippen molar-refractivity contribution in [1.29, 1.82) is 5.26 Å². The van der Waals surface area contributed by atoms with Gasteiger partial charge in [0.1, 0.15) is 23.3 Å². The van der Waals surface area contributed by atoms with Crippen LogP contribution in [0.5, 0.6) is 17.2 Å². The summed E-state index contributed by atoms with van der Waals surface area (Å²) >= 11 is 5.95. The first kappa shape index (κ1) is 23.7. The molecule has 0 saturated heterocycles. The molecule has 36 heavy (non-hydrogen) atoms. The summed E-state index contributed by atoms with van der Waals surface area (Å²) < 4.78 is 16.5. The summed E-state index contributed by atoms with van der Waals surface area (Å²) in [5.74, 6) is 0.554. The molecule has 3 aromatic carbocycles.